The average Bonchev–Trinajstić information content (AvgIpc) is 2.82. The monoisotopic (exact) mass is 424 g/mol. The molecule has 5 rings (SSSR count). The summed E-state index contributed by atoms with van der Waals surface area (Å²) in [5.41, 5.74) is 7.17. The largest absolute Gasteiger partial charge is 0.482 e. The number of pyridine rings is 1. The number of carbonyl (C=O) groups excluding carboxylic acids is 1. The van der Waals surface area contributed by atoms with Crippen LogP contribution in [-0.2, 0) is 4.79 Å². The third-order valence-electron chi connectivity index (χ3n) is 5.69. The van der Waals surface area contributed by atoms with Gasteiger partial charge in [-0.1, -0.05) is 29.8 Å². The van der Waals surface area contributed by atoms with E-state index >= 15 is 0 Å². The molecule has 0 unspecified atom stereocenters. The van der Waals surface area contributed by atoms with Crippen LogP contribution in [0, 0.1) is 12.7 Å². The molecule has 4 aromatic rings. The number of amides is 1. The van der Waals surface area contributed by atoms with Crippen LogP contribution in [0.1, 0.15) is 5.56 Å². The molecule has 0 aliphatic carbocycles. The maximum Gasteiger partial charge on any atom is 0.264 e. The fourth-order valence-corrected chi connectivity index (χ4v) is 3.79. The van der Waals surface area contributed by atoms with Crippen molar-refractivity contribution in [1.29, 1.82) is 0 Å². The van der Waals surface area contributed by atoms with Crippen molar-refractivity contribution < 1.29 is 13.9 Å². The molecule has 1 aliphatic rings. The first-order valence-corrected chi connectivity index (χ1v) is 10.4. The van der Waals surface area contributed by atoms with Gasteiger partial charge in [-0.2, -0.15) is 0 Å². The van der Waals surface area contributed by atoms with E-state index in [0.29, 0.717) is 11.4 Å². The Kier molecular flexibility index (Phi) is 4.94. The second-order valence-corrected chi connectivity index (χ2v) is 7.92. The number of hydrogen-bond acceptors (Lipinski definition) is 3. The Bertz CT molecular complexity index is 1250. The molecule has 0 spiro atoms. The summed E-state index contributed by atoms with van der Waals surface area (Å²) in [5, 5.41) is 0. The topological polar surface area (TPSA) is 42.4 Å². The summed E-state index contributed by atoms with van der Waals surface area (Å²) >= 11 is 0. The van der Waals surface area contributed by atoms with Crippen LogP contribution in [0.15, 0.2) is 78.9 Å². The lowest BCUT2D eigenvalue weighted by Gasteiger charge is -2.26. The molecule has 5 heteroatoms. The Morgan fingerprint density at radius 3 is 2.16 bits per heavy atom. The predicted molar refractivity (Wildman–Crippen MR) is 124 cm³/mol. The number of hydrogen-bond donors (Lipinski definition) is 0. The van der Waals surface area contributed by atoms with E-state index in [1.165, 1.54) is 17.7 Å². The molecule has 0 bridgehead atoms. The summed E-state index contributed by atoms with van der Waals surface area (Å²) in [5.74, 6) is 0.290. The number of rotatable bonds is 3. The molecule has 158 valence electrons. The Morgan fingerprint density at radius 1 is 0.812 bits per heavy atom. The zero-order valence-electron chi connectivity index (χ0n) is 17.8. The lowest BCUT2D eigenvalue weighted by atomic mass is 9.99. The number of carbonyl (C=O) groups is 1. The quantitative estimate of drug-likeness (QED) is 0.412. The normalized spacial score (nSPS) is 13.0. The molecule has 2 heterocycles. The molecule has 3 aromatic carbocycles. The van der Waals surface area contributed by atoms with Gasteiger partial charge in [0, 0.05) is 18.2 Å². The molecule has 1 aromatic heterocycles. The predicted octanol–water partition coefficient (Wildman–Crippen LogP) is 5.89. The van der Waals surface area contributed by atoms with E-state index < -0.39 is 0 Å². The summed E-state index contributed by atoms with van der Waals surface area (Å²) in [7, 11) is 1.74. The van der Waals surface area contributed by atoms with Crippen LogP contribution in [0.2, 0.25) is 0 Å². The molecule has 0 saturated carbocycles. The molecule has 0 radical (unpaired) electrons. The van der Waals surface area contributed by atoms with Gasteiger partial charge in [0.05, 0.1) is 17.1 Å². The molecule has 0 fully saturated rings. The van der Waals surface area contributed by atoms with E-state index in [1.54, 1.807) is 24.1 Å². The highest BCUT2D eigenvalue weighted by atomic mass is 19.1. The molecule has 0 N–H and O–H groups in total. The van der Waals surface area contributed by atoms with Crippen LogP contribution in [0.4, 0.5) is 10.1 Å². The summed E-state index contributed by atoms with van der Waals surface area (Å²) in [4.78, 5) is 18.6. The van der Waals surface area contributed by atoms with Gasteiger partial charge >= 0.3 is 0 Å². The van der Waals surface area contributed by atoms with E-state index in [0.717, 1.165) is 33.6 Å². The molecular weight excluding hydrogens is 403 g/mol. The number of aryl methyl sites for hydroxylation is 1. The van der Waals surface area contributed by atoms with Crippen molar-refractivity contribution in [3.8, 4) is 39.4 Å². The van der Waals surface area contributed by atoms with Crippen LogP contribution in [0.25, 0.3) is 33.6 Å². The number of anilines is 1. The molecule has 0 saturated heterocycles. The Labute approximate surface area is 185 Å². The Morgan fingerprint density at radius 2 is 1.44 bits per heavy atom. The van der Waals surface area contributed by atoms with Gasteiger partial charge in [0.15, 0.2) is 6.61 Å². The van der Waals surface area contributed by atoms with Crippen molar-refractivity contribution in [2.45, 2.75) is 6.92 Å². The number of halogens is 1. The van der Waals surface area contributed by atoms with E-state index in [1.807, 2.05) is 30.3 Å². The highest BCUT2D eigenvalue weighted by molar-refractivity contribution is 5.98. The summed E-state index contributed by atoms with van der Waals surface area (Å²) in [6.45, 7) is 2.09. The smallest absolute Gasteiger partial charge is 0.264 e. The second kappa shape index (κ2) is 7.93. The van der Waals surface area contributed by atoms with Gasteiger partial charge in [-0.3, -0.25) is 4.79 Å². The van der Waals surface area contributed by atoms with Gasteiger partial charge in [-0.25, -0.2) is 9.37 Å². The third kappa shape index (κ3) is 3.73. The zero-order valence-corrected chi connectivity index (χ0v) is 17.8. The minimum absolute atomic E-state index is 0.0404. The zero-order chi connectivity index (χ0) is 22.2. The lowest BCUT2D eigenvalue weighted by Crippen LogP contribution is -2.35. The first kappa shape index (κ1) is 19.9. The van der Waals surface area contributed by atoms with Gasteiger partial charge in [0.1, 0.15) is 11.6 Å². The molecule has 0 atom stereocenters. The molecule has 4 nitrogen and oxygen atoms in total. The van der Waals surface area contributed by atoms with Crippen LogP contribution in [-0.4, -0.2) is 24.5 Å². The van der Waals surface area contributed by atoms with Crippen molar-refractivity contribution >= 4 is 11.6 Å². The van der Waals surface area contributed by atoms with Crippen molar-refractivity contribution in [3.63, 3.8) is 0 Å². The number of fused-ring (bicyclic) bond motifs is 1. The average molecular weight is 424 g/mol. The van der Waals surface area contributed by atoms with E-state index in [9.17, 15) is 9.18 Å². The number of benzene rings is 3. The highest BCUT2D eigenvalue weighted by Gasteiger charge is 2.23. The minimum atomic E-state index is -0.286. The van der Waals surface area contributed by atoms with E-state index in [4.69, 9.17) is 9.72 Å². The molecular formula is C27H21FN2O2. The summed E-state index contributed by atoms with van der Waals surface area (Å²) in [6.07, 6.45) is 0. The van der Waals surface area contributed by atoms with Gasteiger partial charge in [-0.15, -0.1) is 0 Å². The van der Waals surface area contributed by atoms with Crippen LogP contribution in [0.5, 0.6) is 5.75 Å². The van der Waals surface area contributed by atoms with Crippen LogP contribution in [0.3, 0.4) is 0 Å². The molecule has 1 amide bonds. The maximum absolute atomic E-state index is 13.5. The lowest BCUT2D eigenvalue weighted by molar-refractivity contribution is -0.120. The number of aromatic nitrogens is 1. The van der Waals surface area contributed by atoms with Crippen molar-refractivity contribution in [2.75, 3.05) is 18.6 Å². The summed E-state index contributed by atoms with van der Waals surface area (Å²) < 4.78 is 19.1. The fraction of sp³-hybridized carbons (Fsp3) is 0.111. The van der Waals surface area contributed by atoms with Gasteiger partial charge in [-0.05, 0) is 72.6 Å². The second-order valence-electron chi connectivity index (χ2n) is 7.92. The first-order valence-electron chi connectivity index (χ1n) is 10.4. The highest BCUT2D eigenvalue weighted by Crippen LogP contribution is 2.37. The first-order chi connectivity index (χ1) is 15.5. The molecule has 32 heavy (non-hydrogen) atoms. The van der Waals surface area contributed by atoms with Crippen LogP contribution >= 0.6 is 0 Å². The fourth-order valence-electron chi connectivity index (χ4n) is 3.79. The Hall–Kier alpha value is -3.99. The summed E-state index contributed by atoms with van der Waals surface area (Å²) in [6, 6.07) is 24.4. The Balaban J connectivity index is 1.67. The van der Waals surface area contributed by atoms with Crippen molar-refractivity contribution in [2.24, 2.45) is 0 Å². The van der Waals surface area contributed by atoms with Crippen LogP contribution < -0.4 is 9.64 Å². The standard InChI is InChI=1S/C27H21FN2O2/c1-17-3-5-18(6-4-17)21-13-23(19-7-10-22(28)11-8-19)29-24(14-21)20-9-12-26-25(15-20)30(2)27(31)16-32-26/h3-15H,16H2,1-2H3. The SMILES string of the molecule is Cc1ccc(-c2cc(-c3ccc(F)cc3)nc(-c3ccc4c(c3)N(C)C(=O)CO4)c2)cc1. The number of likely N-dealkylation sites (N-methyl/N-ethyl adjacent to an activating group) is 1. The third-order valence-corrected chi connectivity index (χ3v) is 5.69. The van der Waals surface area contributed by atoms with Crippen molar-refractivity contribution in [1.82, 2.24) is 4.98 Å². The van der Waals surface area contributed by atoms with Crippen molar-refractivity contribution in [3.05, 3.63) is 90.2 Å². The van der Waals surface area contributed by atoms with E-state index in [2.05, 4.69) is 31.2 Å². The van der Waals surface area contributed by atoms with Gasteiger partial charge in [0.25, 0.3) is 5.91 Å². The minimum Gasteiger partial charge on any atom is -0.482 e. The van der Waals surface area contributed by atoms with Gasteiger partial charge in [0.2, 0.25) is 0 Å². The van der Waals surface area contributed by atoms with Gasteiger partial charge < -0.3 is 9.64 Å². The maximum atomic E-state index is 13.5. The number of ether oxygens (including phenoxy) is 1. The molecule has 1 aliphatic heterocycles. The number of nitrogens with zero attached hydrogens (tertiary/aromatic N) is 2. The van der Waals surface area contributed by atoms with E-state index in [-0.39, 0.29) is 18.3 Å².